The van der Waals surface area contributed by atoms with Gasteiger partial charge in [0.25, 0.3) is 5.56 Å². The fourth-order valence-electron chi connectivity index (χ4n) is 4.95. The van der Waals surface area contributed by atoms with E-state index in [4.69, 9.17) is 4.98 Å². The molecule has 3 aromatic rings. The van der Waals surface area contributed by atoms with Gasteiger partial charge in [-0.25, -0.2) is 4.98 Å². The largest absolute Gasteiger partial charge is 0.412 e. The Balaban J connectivity index is 1.58. The van der Waals surface area contributed by atoms with Gasteiger partial charge in [-0.2, -0.15) is 13.2 Å². The van der Waals surface area contributed by atoms with E-state index in [1.807, 2.05) is 28.8 Å². The molecule has 9 heteroatoms. The average Bonchev–Trinajstić information content (AvgIpc) is 3.37. The van der Waals surface area contributed by atoms with Crippen LogP contribution in [0.2, 0.25) is 0 Å². The number of rotatable bonds is 7. The molecule has 0 atom stereocenters. The van der Waals surface area contributed by atoms with E-state index in [2.05, 4.69) is 6.92 Å². The molecule has 0 saturated carbocycles. The first-order valence-electron chi connectivity index (χ1n) is 12.9. The molecule has 38 heavy (non-hydrogen) atoms. The van der Waals surface area contributed by atoms with Gasteiger partial charge in [-0.3, -0.25) is 14.0 Å². The molecule has 1 aromatic carbocycles. The number of carbonyl (C=O) groups is 1. The van der Waals surface area contributed by atoms with Crippen molar-refractivity contribution in [3.63, 3.8) is 0 Å². The summed E-state index contributed by atoms with van der Waals surface area (Å²) in [5, 5.41) is 0. The zero-order valence-electron chi connectivity index (χ0n) is 21.2. The number of nitrogens with zero attached hydrogens (tertiary/aromatic N) is 4. The summed E-state index contributed by atoms with van der Waals surface area (Å²) in [6.45, 7) is 3.46. The summed E-state index contributed by atoms with van der Waals surface area (Å²) in [7, 11) is 0. The maximum Gasteiger partial charge on any atom is 0.412 e. The number of halogens is 3. The van der Waals surface area contributed by atoms with Crippen LogP contribution in [0.5, 0.6) is 0 Å². The summed E-state index contributed by atoms with van der Waals surface area (Å²) in [6, 6.07) is 9.08. The average molecular weight is 523 g/mol. The molecule has 6 nitrogen and oxygen atoms in total. The number of allylic oxidation sites excluding steroid dienone is 6. The van der Waals surface area contributed by atoms with E-state index >= 15 is 0 Å². The molecule has 1 amide bonds. The SMILES string of the molecule is CCCCCn1c(-c2ccc(N3CCCC3=O)cc2)cn2c(=O)cc(C3=CC=C(C(F)(F)F)CC=C3)nc12. The molecule has 3 heterocycles. The smallest absolute Gasteiger partial charge is 0.312 e. The number of carbonyl (C=O) groups excluding carboxylic acids is 1. The maximum absolute atomic E-state index is 13.2. The van der Waals surface area contributed by atoms with Gasteiger partial charge in [0.1, 0.15) is 0 Å². The van der Waals surface area contributed by atoms with E-state index in [9.17, 15) is 22.8 Å². The third-order valence-corrected chi connectivity index (χ3v) is 7.01. The number of fused-ring (bicyclic) bond motifs is 1. The summed E-state index contributed by atoms with van der Waals surface area (Å²) < 4.78 is 43.1. The summed E-state index contributed by atoms with van der Waals surface area (Å²) >= 11 is 0. The highest BCUT2D eigenvalue weighted by molar-refractivity contribution is 5.95. The molecule has 1 fully saturated rings. The quantitative estimate of drug-likeness (QED) is 0.342. The lowest BCUT2D eigenvalue weighted by atomic mass is 10.1. The lowest BCUT2D eigenvalue weighted by Gasteiger charge is -2.16. The van der Waals surface area contributed by atoms with Gasteiger partial charge in [0, 0.05) is 48.6 Å². The Morgan fingerprint density at radius 2 is 1.84 bits per heavy atom. The molecular formula is C29H29F3N4O2. The second-order valence-electron chi connectivity index (χ2n) is 9.64. The van der Waals surface area contributed by atoms with Crippen LogP contribution in [0.4, 0.5) is 18.9 Å². The zero-order chi connectivity index (χ0) is 26.9. The highest BCUT2D eigenvalue weighted by Crippen LogP contribution is 2.32. The molecule has 1 aliphatic heterocycles. The molecule has 1 saturated heterocycles. The van der Waals surface area contributed by atoms with Crippen molar-refractivity contribution in [3.8, 4) is 11.3 Å². The Kier molecular flexibility index (Phi) is 7.10. The van der Waals surface area contributed by atoms with Crippen molar-refractivity contribution in [2.45, 2.75) is 58.2 Å². The van der Waals surface area contributed by atoms with Gasteiger partial charge in [0.05, 0.1) is 11.4 Å². The molecule has 1 aliphatic carbocycles. The monoisotopic (exact) mass is 522 g/mol. The fraction of sp³-hybridized carbons (Fsp3) is 0.345. The van der Waals surface area contributed by atoms with Crippen molar-refractivity contribution < 1.29 is 18.0 Å². The topological polar surface area (TPSA) is 59.6 Å². The number of alkyl halides is 3. The number of aromatic nitrogens is 3. The number of amides is 1. The summed E-state index contributed by atoms with van der Waals surface area (Å²) in [5.74, 6) is 0.560. The lowest BCUT2D eigenvalue weighted by molar-refractivity contribution is -0.117. The van der Waals surface area contributed by atoms with E-state index in [0.717, 1.165) is 48.7 Å². The summed E-state index contributed by atoms with van der Waals surface area (Å²) in [5.41, 5.74) is 2.37. The van der Waals surface area contributed by atoms with Gasteiger partial charge in [-0.15, -0.1) is 0 Å². The van der Waals surface area contributed by atoms with Crippen LogP contribution in [-0.4, -0.2) is 32.6 Å². The van der Waals surface area contributed by atoms with Crippen molar-refractivity contribution >= 4 is 22.9 Å². The predicted molar refractivity (Wildman–Crippen MR) is 142 cm³/mol. The molecule has 2 aromatic heterocycles. The standard InChI is InChI=1S/C29H29F3N4O2/c1-2-3-4-16-35-25(21-11-14-23(15-12-21)34-17-6-9-26(34)37)19-36-27(38)18-24(33-28(35)36)20-7-5-8-22(13-10-20)29(30,31)32/h5,7,10-15,18-19H,2-4,6,8-9,16-17H2,1H3. The molecule has 0 N–H and O–H groups in total. The van der Waals surface area contributed by atoms with Gasteiger partial charge in [0.15, 0.2) is 0 Å². The van der Waals surface area contributed by atoms with Gasteiger partial charge < -0.3 is 9.47 Å². The van der Waals surface area contributed by atoms with Crippen molar-refractivity contribution in [1.29, 1.82) is 0 Å². The number of imidazole rings is 1. The van der Waals surface area contributed by atoms with Gasteiger partial charge >= 0.3 is 6.18 Å². The first-order valence-corrected chi connectivity index (χ1v) is 12.9. The third-order valence-electron chi connectivity index (χ3n) is 7.01. The Bertz CT molecular complexity index is 1510. The summed E-state index contributed by atoms with van der Waals surface area (Å²) in [4.78, 5) is 31.8. The molecular weight excluding hydrogens is 493 g/mol. The first-order chi connectivity index (χ1) is 18.3. The minimum Gasteiger partial charge on any atom is -0.312 e. The van der Waals surface area contributed by atoms with Crippen LogP contribution in [-0.2, 0) is 11.3 Å². The van der Waals surface area contributed by atoms with Crippen molar-refractivity contribution in [3.05, 3.63) is 82.5 Å². The second kappa shape index (κ2) is 10.5. The highest BCUT2D eigenvalue weighted by Gasteiger charge is 2.32. The molecule has 0 spiro atoms. The number of hydrogen-bond donors (Lipinski definition) is 0. The van der Waals surface area contributed by atoms with Crippen LogP contribution in [0.1, 0.15) is 51.1 Å². The van der Waals surface area contributed by atoms with E-state index in [1.54, 1.807) is 17.2 Å². The van der Waals surface area contributed by atoms with Crippen LogP contribution in [0.25, 0.3) is 22.6 Å². The van der Waals surface area contributed by atoms with Crippen LogP contribution < -0.4 is 10.5 Å². The molecule has 0 unspecified atom stereocenters. The van der Waals surface area contributed by atoms with Crippen LogP contribution in [0.3, 0.4) is 0 Å². The van der Waals surface area contributed by atoms with Crippen LogP contribution in [0.15, 0.2) is 71.2 Å². The highest BCUT2D eigenvalue weighted by atomic mass is 19.4. The minimum absolute atomic E-state index is 0.119. The van der Waals surface area contributed by atoms with Gasteiger partial charge in [0.2, 0.25) is 11.7 Å². The van der Waals surface area contributed by atoms with Crippen LogP contribution in [0, 0.1) is 0 Å². The van der Waals surface area contributed by atoms with E-state index in [0.29, 0.717) is 36.6 Å². The summed E-state index contributed by atoms with van der Waals surface area (Å²) in [6.07, 6.45) is 6.88. The van der Waals surface area contributed by atoms with E-state index < -0.39 is 11.7 Å². The lowest BCUT2D eigenvalue weighted by Crippen LogP contribution is -2.23. The number of anilines is 1. The first kappa shape index (κ1) is 25.8. The second-order valence-corrected chi connectivity index (χ2v) is 9.64. The fourth-order valence-corrected chi connectivity index (χ4v) is 4.95. The normalized spacial score (nSPS) is 16.2. The predicted octanol–water partition coefficient (Wildman–Crippen LogP) is 6.31. The van der Waals surface area contributed by atoms with E-state index in [1.165, 1.54) is 22.6 Å². The molecule has 0 radical (unpaired) electrons. The van der Waals surface area contributed by atoms with Crippen molar-refractivity contribution in [2.75, 3.05) is 11.4 Å². The Hall–Kier alpha value is -3.88. The Morgan fingerprint density at radius 3 is 2.53 bits per heavy atom. The minimum atomic E-state index is -4.41. The molecule has 5 rings (SSSR count). The number of aryl methyl sites for hydroxylation is 1. The van der Waals surface area contributed by atoms with Gasteiger partial charge in [-0.1, -0.05) is 56.2 Å². The Labute approximate surface area is 218 Å². The van der Waals surface area contributed by atoms with Crippen molar-refractivity contribution in [2.24, 2.45) is 0 Å². The van der Waals surface area contributed by atoms with Crippen LogP contribution >= 0.6 is 0 Å². The van der Waals surface area contributed by atoms with E-state index in [-0.39, 0.29) is 17.9 Å². The number of benzene rings is 1. The molecule has 198 valence electrons. The number of unbranched alkanes of at least 4 members (excludes halogenated alkanes) is 2. The Morgan fingerprint density at radius 1 is 1.05 bits per heavy atom. The zero-order valence-corrected chi connectivity index (χ0v) is 21.2. The maximum atomic E-state index is 13.2. The third kappa shape index (κ3) is 5.10. The molecule has 2 aliphatic rings. The number of hydrogen-bond acceptors (Lipinski definition) is 3. The molecule has 0 bridgehead atoms. The van der Waals surface area contributed by atoms with Gasteiger partial charge in [-0.05, 0) is 37.0 Å². The van der Waals surface area contributed by atoms with Crippen molar-refractivity contribution in [1.82, 2.24) is 14.0 Å².